The number of carbonyl (C=O) groups is 2. The first kappa shape index (κ1) is 19.9. The fourth-order valence-electron chi connectivity index (χ4n) is 2.44. The minimum Gasteiger partial charge on any atom is -0.465 e. The highest BCUT2D eigenvalue weighted by molar-refractivity contribution is 8.26. The molecule has 0 radical (unpaired) electrons. The molecule has 0 aliphatic carbocycles. The van der Waals surface area contributed by atoms with Crippen molar-refractivity contribution in [3.8, 4) is 0 Å². The van der Waals surface area contributed by atoms with E-state index in [1.165, 1.54) is 22.9 Å². The van der Waals surface area contributed by atoms with E-state index in [0.29, 0.717) is 43.7 Å². The maximum absolute atomic E-state index is 12.5. The number of anilines is 1. The van der Waals surface area contributed by atoms with Crippen molar-refractivity contribution in [3.63, 3.8) is 0 Å². The van der Waals surface area contributed by atoms with Gasteiger partial charge in [0.25, 0.3) is 5.91 Å². The molecule has 2 aromatic rings. The lowest BCUT2D eigenvalue weighted by Gasteiger charge is -2.14. The van der Waals surface area contributed by atoms with Gasteiger partial charge in [-0.1, -0.05) is 47.2 Å². The number of nitrogens with one attached hydrogen (secondary N) is 1. The summed E-state index contributed by atoms with van der Waals surface area (Å²) in [7, 11) is 0. The second-order valence-electron chi connectivity index (χ2n) is 5.66. The molecule has 0 saturated carbocycles. The minimum absolute atomic E-state index is 0.177. The molecule has 2 heterocycles. The number of hydrogen-bond donors (Lipinski definition) is 1. The Bertz CT molecular complexity index is 893. The number of thiocarbonyl (C=S) groups is 1. The maximum Gasteiger partial charge on any atom is 0.266 e. The number of benzene rings is 1. The van der Waals surface area contributed by atoms with Gasteiger partial charge in [0.1, 0.15) is 10.1 Å². The van der Waals surface area contributed by atoms with E-state index >= 15 is 0 Å². The minimum atomic E-state index is -0.190. The highest BCUT2D eigenvalue weighted by Gasteiger charge is 2.31. The summed E-state index contributed by atoms with van der Waals surface area (Å²) >= 11 is 18.3. The Balaban J connectivity index is 1.52. The summed E-state index contributed by atoms with van der Waals surface area (Å²) in [6, 6.07) is 8.33. The van der Waals surface area contributed by atoms with E-state index in [9.17, 15) is 9.59 Å². The van der Waals surface area contributed by atoms with Gasteiger partial charge in [-0.05, 0) is 36.8 Å². The Morgan fingerprint density at radius 2 is 2.04 bits per heavy atom. The van der Waals surface area contributed by atoms with E-state index in [4.69, 9.17) is 39.8 Å². The fraction of sp³-hybridized carbons (Fsp3) is 0.167. The molecule has 1 aliphatic heterocycles. The van der Waals surface area contributed by atoms with Gasteiger partial charge in [-0.3, -0.25) is 14.5 Å². The molecule has 3 rings (SSSR count). The molecule has 0 unspecified atom stereocenters. The van der Waals surface area contributed by atoms with Crippen molar-refractivity contribution < 1.29 is 14.0 Å². The van der Waals surface area contributed by atoms with Crippen LogP contribution < -0.4 is 5.32 Å². The Hall–Kier alpha value is -1.80. The van der Waals surface area contributed by atoms with Crippen LogP contribution in [-0.4, -0.2) is 27.6 Å². The van der Waals surface area contributed by atoms with E-state index in [0.717, 1.165) is 0 Å². The maximum atomic E-state index is 12.5. The quantitative estimate of drug-likeness (QED) is 0.493. The first-order valence-electron chi connectivity index (χ1n) is 7.97. The topological polar surface area (TPSA) is 62.6 Å². The lowest BCUT2D eigenvalue weighted by molar-refractivity contribution is -0.122. The van der Waals surface area contributed by atoms with Crippen molar-refractivity contribution in [2.75, 3.05) is 11.9 Å². The van der Waals surface area contributed by atoms with Crippen molar-refractivity contribution in [3.05, 3.63) is 57.3 Å². The van der Waals surface area contributed by atoms with Gasteiger partial charge < -0.3 is 9.73 Å². The average Bonchev–Trinajstić information content (AvgIpc) is 3.17. The molecule has 0 bridgehead atoms. The normalized spacial score (nSPS) is 15.6. The summed E-state index contributed by atoms with van der Waals surface area (Å²) < 4.78 is 5.70. The summed E-state index contributed by atoms with van der Waals surface area (Å²) in [4.78, 5) is 26.6. The van der Waals surface area contributed by atoms with Crippen LogP contribution in [0, 0.1) is 0 Å². The van der Waals surface area contributed by atoms with Gasteiger partial charge in [0, 0.05) is 34.8 Å². The molecule has 1 saturated heterocycles. The number of halogens is 2. The van der Waals surface area contributed by atoms with Crippen molar-refractivity contribution in [1.82, 2.24) is 4.90 Å². The summed E-state index contributed by atoms with van der Waals surface area (Å²) in [5.74, 6) is 0.225. The van der Waals surface area contributed by atoms with E-state index in [2.05, 4.69) is 5.32 Å². The lowest BCUT2D eigenvalue weighted by Crippen LogP contribution is -2.29. The number of furan rings is 1. The number of thioether (sulfide) groups is 1. The second kappa shape index (κ2) is 8.93. The zero-order valence-electron chi connectivity index (χ0n) is 13.9. The van der Waals surface area contributed by atoms with E-state index in [1.54, 1.807) is 36.4 Å². The van der Waals surface area contributed by atoms with Gasteiger partial charge in [0.05, 0.1) is 11.2 Å². The Morgan fingerprint density at radius 3 is 2.70 bits per heavy atom. The third-order valence-corrected chi connectivity index (χ3v) is 5.44. The van der Waals surface area contributed by atoms with Crippen LogP contribution in [0.15, 0.2) is 45.9 Å². The molecule has 5 nitrogen and oxygen atoms in total. The van der Waals surface area contributed by atoms with Crippen molar-refractivity contribution in [2.24, 2.45) is 0 Å². The largest absolute Gasteiger partial charge is 0.465 e. The van der Waals surface area contributed by atoms with Crippen LogP contribution in [0.5, 0.6) is 0 Å². The first-order valence-corrected chi connectivity index (χ1v) is 9.95. The Kier molecular flexibility index (Phi) is 6.59. The molecular formula is C18H14Cl2N2O3S2. The molecule has 2 amide bonds. The highest BCUT2D eigenvalue weighted by Crippen LogP contribution is 2.32. The third kappa shape index (κ3) is 5.35. The number of amides is 2. The van der Waals surface area contributed by atoms with Gasteiger partial charge in [-0.2, -0.15) is 0 Å². The molecule has 1 aromatic heterocycles. The first-order chi connectivity index (χ1) is 12.9. The molecule has 9 heteroatoms. The van der Waals surface area contributed by atoms with Crippen LogP contribution in [0.1, 0.15) is 18.6 Å². The molecule has 1 fully saturated rings. The van der Waals surface area contributed by atoms with Crippen LogP contribution in [-0.2, 0) is 9.59 Å². The van der Waals surface area contributed by atoms with Crippen LogP contribution in [0.2, 0.25) is 10.0 Å². The fourth-order valence-corrected chi connectivity index (χ4v) is 4.26. The summed E-state index contributed by atoms with van der Waals surface area (Å²) in [6.45, 7) is 0.365. The zero-order valence-corrected chi connectivity index (χ0v) is 17.1. The number of carbonyl (C=O) groups excluding carboxylic acids is 2. The summed E-state index contributed by atoms with van der Waals surface area (Å²) in [5.41, 5.74) is 0.532. The van der Waals surface area contributed by atoms with Crippen LogP contribution >= 0.6 is 47.2 Å². The Labute approximate surface area is 175 Å². The smallest absolute Gasteiger partial charge is 0.266 e. The average molecular weight is 441 g/mol. The molecule has 27 heavy (non-hydrogen) atoms. The second-order valence-corrected chi connectivity index (χ2v) is 8.21. The van der Waals surface area contributed by atoms with Crippen molar-refractivity contribution >= 4 is 75.1 Å². The highest BCUT2D eigenvalue weighted by atomic mass is 35.5. The third-order valence-electron chi connectivity index (χ3n) is 3.62. The standard InChI is InChI=1S/C18H14Cl2N2O3S2/c19-11-7-12(20)9-13(8-11)21-16(23)4-1-5-22-17(24)15(27-18(22)26)10-14-3-2-6-25-14/h2-3,6-10H,1,4-5H2,(H,21,23)/b15-10+. The molecule has 1 N–H and O–H groups in total. The van der Waals surface area contributed by atoms with Gasteiger partial charge in [0.15, 0.2) is 0 Å². The lowest BCUT2D eigenvalue weighted by atomic mass is 10.2. The van der Waals surface area contributed by atoms with Crippen LogP contribution in [0.3, 0.4) is 0 Å². The van der Waals surface area contributed by atoms with Crippen molar-refractivity contribution in [2.45, 2.75) is 12.8 Å². The van der Waals surface area contributed by atoms with Gasteiger partial charge in [0.2, 0.25) is 5.91 Å². The van der Waals surface area contributed by atoms with Crippen molar-refractivity contribution in [1.29, 1.82) is 0 Å². The van der Waals surface area contributed by atoms with Crippen LogP contribution in [0.4, 0.5) is 5.69 Å². The molecule has 0 atom stereocenters. The van der Waals surface area contributed by atoms with Gasteiger partial charge in [-0.15, -0.1) is 0 Å². The number of hydrogen-bond acceptors (Lipinski definition) is 5. The monoisotopic (exact) mass is 440 g/mol. The van der Waals surface area contributed by atoms with E-state index in [-0.39, 0.29) is 18.2 Å². The van der Waals surface area contributed by atoms with Gasteiger partial charge in [-0.25, -0.2) is 0 Å². The van der Waals surface area contributed by atoms with E-state index < -0.39 is 0 Å². The zero-order chi connectivity index (χ0) is 19.4. The number of rotatable bonds is 6. The molecular weight excluding hydrogens is 427 g/mol. The summed E-state index contributed by atoms with van der Waals surface area (Å²) in [6.07, 6.45) is 3.91. The Morgan fingerprint density at radius 1 is 1.30 bits per heavy atom. The number of nitrogens with zero attached hydrogens (tertiary/aromatic N) is 1. The predicted octanol–water partition coefficient (Wildman–Crippen LogP) is 5.21. The summed E-state index contributed by atoms with van der Waals surface area (Å²) in [5, 5.41) is 3.62. The van der Waals surface area contributed by atoms with Crippen LogP contribution in [0.25, 0.3) is 6.08 Å². The van der Waals surface area contributed by atoms with E-state index in [1.807, 2.05) is 0 Å². The molecule has 140 valence electrons. The SMILES string of the molecule is O=C(CCCN1C(=O)/C(=C\c2ccco2)SC1=S)Nc1cc(Cl)cc(Cl)c1. The predicted molar refractivity (Wildman–Crippen MR) is 113 cm³/mol. The molecule has 1 aliphatic rings. The molecule has 1 aromatic carbocycles. The molecule has 0 spiro atoms. The van der Waals surface area contributed by atoms with Gasteiger partial charge >= 0.3 is 0 Å².